The van der Waals surface area contributed by atoms with E-state index < -0.39 is 5.91 Å². The second-order valence-corrected chi connectivity index (χ2v) is 6.34. The SMILES string of the molecule is CC(=O)c1cccc(NC(=O)/C(C#N)=C\Nc2ccc(Oc3ccccc3)cc2)c1. The number of anilines is 2. The maximum absolute atomic E-state index is 12.4. The van der Waals surface area contributed by atoms with Crippen molar-refractivity contribution in [1.82, 2.24) is 0 Å². The molecule has 148 valence electrons. The van der Waals surface area contributed by atoms with Gasteiger partial charge in [-0.3, -0.25) is 9.59 Å². The Labute approximate surface area is 174 Å². The number of nitrogens with zero attached hydrogens (tertiary/aromatic N) is 1. The largest absolute Gasteiger partial charge is 0.457 e. The standard InChI is InChI=1S/C24H19N3O3/c1-17(28)18-6-5-7-21(14-18)27-24(29)19(15-25)16-26-20-10-12-23(13-11-20)30-22-8-3-2-4-9-22/h2-14,16,26H,1H3,(H,27,29)/b19-16-. The molecule has 0 heterocycles. The van der Waals surface area contributed by atoms with Crippen molar-refractivity contribution in [2.75, 3.05) is 10.6 Å². The lowest BCUT2D eigenvalue weighted by Crippen LogP contribution is -2.14. The van der Waals surface area contributed by atoms with E-state index in [1.54, 1.807) is 48.5 Å². The Balaban J connectivity index is 1.63. The summed E-state index contributed by atoms with van der Waals surface area (Å²) in [6, 6.07) is 24.9. The van der Waals surface area contributed by atoms with Gasteiger partial charge in [0.2, 0.25) is 0 Å². The number of hydrogen-bond donors (Lipinski definition) is 2. The van der Waals surface area contributed by atoms with Crippen LogP contribution in [0.4, 0.5) is 11.4 Å². The van der Waals surface area contributed by atoms with E-state index in [-0.39, 0.29) is 11.4 Å². The van der Waals surface area contributed by atoms with Crippen LogP contribution >= 0.6 is 0 Å². The molecular formula is C24H19N3O3. The fourth-order valence-electron chi connectivity index (χ4n) is 2.56. The van der Waals surface area contributed by atoms with Crippen molar-refractivity contribution in [2.45, 2.75) is 6.92 Å². The molecular weight excluding hydrogens is 378 g/mol. The smallest absolute Gasteiger partial charge is 0.267 e. The van der Waals surface area contributed by atoms with Crippen molar-refractivity contribution < 1.29 is 14.3 Å². The zero-order chi connectivity index (χ0) is 21.3. The lowest BCUT2D eigenvalue weighted by molar-refractivity contribution is -0.112. The summed E-state index contributed by atoms with van der Waals surface area (Å²) in [6.45, 7) is 1.45. The summed E-state index contributed by atoms with van der Waals surface area (Å²) in [6.07, 6.45) is 1.33. The number of hydrogen-bond acceptors (Lipinski definition) is 5. The monoisotopic (exact) mass is 397 g/mol. The number of carbonyl (C=O) groups is 2. The number of ketones is 1. The highest BCUT2D eigenvalue weighted by Gasteiger charge is 2.10. The molecule has 0 spiro atoms. The molecule has 0 aromatic heterocycles. The molecule has 6 heteroatoms. The van der Waals surface area contributed by atoms with Crippen molar-refractivity contribution in [3.63, 3.8) is 0 Å². The van der Waals surface area contributed by atoms with Crippen molar-refractivity contribution in [3.05, 3.63) is 96.2 Å². The Morgan fingerprint density at radius 3 is 2.27 bits per heavy atom. The highest BCUT2D eigenvalue weighted by molar-refractivity contribution is 6.07. The molecule has 6 nitrogen and oxygen atoms in total. The van der Waals surface area contributed by atoms with E-state index in [0.29, 0.717) is 22.7 Å². The zero-order valence-electron chi connectivity index (χ0n) is 16.3. The molecule has 0 aliphatic rings. The first kappa shape index (κ1) is 20.4. The molecule has 0 saturated heterocycles. The molecule has 3 aromatic carbocycles. The van der Waals surface area contributed by atoms with Gasteiger partial charge in [0.25, 0.3) is 5.91 Å². The summed E-state index contributed by atoms with van der Waals surface area (Å²) in [5, 5.41) is 14.9. The Hall–Kier alpha value is -4.37. The fraction of sp³-hybridized carbons (Fsp3) is 0.0417. The number of carbonyl (C=O) groups excluding carboxylic acids is 2. The Bertz CT molecular complexity index is 1110. The molecule has 3 aromatic rings. The van der Waals surface area contributed by atoms with Crippen molar-refractivity contribution in [1.29, 1.82) is 5.26 Å². The van der Waals surface area contributed by atoms with Gasteiger partial charge in [0, 0.05) is 23.1 Å². The third-order valence-corrected chi connectivity index (χ3v) is 4.11. The maximum atomic E-state index is 12.4. The number of nitrogens with one attached hydrogen (secondary N) is 2. The molecule has 0 unspecified atom stereocenters. The van der Waals surface area contributed by atoms with Crippen LogP contribution < -0.4 is 15.4 Å². The molecule has 0 aliphatic carbocycles. The molecule has 0 bridgehead atoms. The normalized spacial score (nSPS) is 10.6. The summed E-state index contributed by atoms with van der Waals surface area (Å²) >= 11 is 0. The number of amides is 1. The van der Waals surface area contributed by atoms with Crippen LogP contribution in [0.3, 0.4) is 0 Å². The van der Waals surface area contributed by atoms with Gasteiger partial charge in [-0.05, 0) is 55.5 Å². The summed E-state index contributed by atoms with van der Waals surface area (Å²) in [5.41, 5.74) is 1.50. The summed E-state index contributed by atoms with van der Waals surface area (Å²) in [4.78, 5) is 23.8. The van der Waals surface area contributed by atoms with Crippen molar-refractivity contribution in [3.8, 4) is 17.6 Å². The predicted molar refractivity (Wildman–Crippen MR) is 115 cm³/mol. The number of benzene rings is 3. The molecule has 0 radical (unpaired) electrons. The predicted octanol–water partition coefficient (Wildman–Crippen LogP) is 5.14. The number of rotatable bonds is 7. The van der Waals surface area contributed by atoms with Crippen molar-refractivity contribution >= 4 is 23.1 Å². The van der Waals surface area contributed by atoms with E-state index in [9.17, 15) is 14.9 Å². The number of para-hydroxylation sites is 1. The highest BCUT2D eigenvalue weighted by atomic mass is 16.5. The van der Waals surface area contributed by atoms with Gasteiger partial charge >= 0.3 is 0 Å². The first-order valence-corrected chi connectivity index (χ1v) is 9.17. The minimum Gasteiger partial charge on any atom is -0.457 e. The third-order valence-electron chi connectivity index (χ3n) is 4.11. The summed E-state index contributed by atoms with van der Waals surface area (Å²) < 4.78 is 5.73. The highest BCUT2D eigenvalue weighted by Crippen LogP contribution is 2.22. The first-order valence-electron chi connectivity index (χ1n) is 9.17. The van der Waals surface area contributed by atoms with Crippen LogP contribution in [-0.4, -0.2) is 11.7 Å². The van der Waals surface area contributed by atoms with Crippen LogP contribution in [0.2, 0.25) is 0 Å². The Morgan fingerprint density at radius 2 is 1.60 bits per heavy atom. The lowest BCUT2D eigenvalue weighted by atomic mass is 10.1. The molecule has 0 atom stereocenters. The zero-order valence-corrected chi connectivity index (χ0v) is 16.3. The quantitative estimate of drug-likeness (QED) is 0.327. The second kappa shape index (κ2) is 9.71. The molecule has 3 rings (SSSR count). The van der Waals surface area contributed by atoms with Gasteiger partial charge in [-0.1, -0.05) is 30.3 Å². The topological polar surface area (TPSA) is 91.2 Å². The van der Waals surface area contributed by atoms with Crippen LogP contribution in [0.15, 0.2) is 90.6 Å². The van der Waals surface area contributed by atoms with E-state index in [1.807, 2.05) is 36.4 Å². The van der Waals surface area contributed by atoms with E-state index in [0.717, 1.165) is 5.75 Å². The minimum absolute atomic E-state index is 0.104. The van der Waals surface area contributed by atoms with E-state index in [4.69, 9.17) is 4.74 Å². The van der Waals surface area contributed by atoms with Crippen LogP contribution in [-0.2, 0) is 4.79 Å². The van der Waals surface area contributed by atoms with E-state index in [1.165, 1.54) is 13.1 Å². The minimum atomic E-state index is -0.574. The van der Waals surface area contributed by atoms with Gasteiger partial charge < -0.3 is 15.4 Å². The Morgan fingerprint density at radius 1 is 0.900 bits per heavy atom. The molecule has 0 saturated carbocycles. The van der Waals surface area contributed by atoms with Gasteiger partial charge in [0.15, 0.2) is 5.78 Å². The first-order chi connectivity index (χ1) is 14.5. The maximum Gasteiger partial charge on any atom is 0.267 e. The van der Waals surface area contributed by atoms with Crippen LogP contribution in [0.1, 0.15) is 17.3 Å². The van der Waals surface area contributed by atoms with Crippen LogP contribution in [0.25, 0.3) is 0 Å². The van der Waals surface area contributed by atoms with Gasteiger partial charge in [-0.2, -0.15) is 5.26 Å². The number of ether oxygens (including phenoxy) is 1. The molecule has 2 N–H and O–H groups in total. The van der Waals surface area contributed by atoms with E-state index >= 15 is 0 Å². The molecule has 30 heavy (non-hydrogen) atoms. The lowest BCUT2D eigenvalue weighted by Gasteiger charge is -2.08. The third kappa shape index (κ3) is 5.57. The van der Waals surface area contributed by atoms with Crippen molar-refractivity contribution in [2.24, 2.45) is 0 Å². The molecule has 0 fully saturated rings. The van der Waals surface area contributed by atoms with Gasteiger partial charge in [-0.25, -0.2) is 0 Å². The summed E-state index contributed by atoms with van der Waals surface area (Å²) in [7, 11) is 0. The number of Topliss-reactive ketones (excluding diaryl/α,β-unsaturated/α-hetero) is 1. The van der Waals surface area contributed by atoms with Gasteiger partial charge in [-0.15, -0.1) is 0 Å². The fourth-order valence-corrected chi connectivity index (χ4v) is 2.56. The molecule has 0 aliphatic heterocycles. The van der Waals surface area contributed by atoms with Crippen LogP contribution in [0, 0.1) is 11.3 Å². The van der Waals surface area contributed by atoms with Gasteiger partial charge in [0.05, 0.1) is 0 Å². The summed E-state index contributed by atoms with van der Waals surface area (Å²) in [5.74, 6) is 0.716. The average molecular weight is 397 g/mol. The second-order valence-electron chi connectivity index (χ2n) is 6.34. The number of nitriles is 1. The van der Waals surface area contributed by atoms with Gasteiger partial charge in [0.1, 0.15) is 23.1 Å². The van der Waals surface area contributed by atoms with Crippen LogP contribution in [0.5, 0.6) is 11.5 Å². The average Bonchev–Trinajstić information content (AvgIpc) is 2.76. The molecule has 1 amide bonds. The Kier molecular flexibility index (Phi) is 6.59. The van der Waals surface area contributed by atoms with E-state index in [2.05, 4.69) is 10.6 Å².